The Morgan fingerprint density at radius 3 is 2.33 bits per heavy atom. The summed E-state index contributed by atoms with van der Waals surface area (Å²) in [7, 11) is 0. The molecule has 1 saturated heterocycles. The van der Waals surface area contributed by atoms with Crippen LogP contribution in [0.1, 0.15) is 84.0 Å². The first-order valence-corrected chi connectivity index (χ1v) is 8.20. The number of hydrogen-bond acceptors (Lipinski definition) is 2. The average molecular weight is 255 g/mol. The lowest BCUT2D eigenvalue weighted by molar-refractivity contribution is 0.0973. The van der Waals surface area contributed by atoms with E-state index < -0.39 is 0 Å². The largest absolute Gasteiger partial charge is 0.378 e. The fraction of sp³-hybridized carbons (Fsp3) is 1.00. The van der Waals surface area contributed by atoms with Gasteiger partial charge < -0.3 is 10.5 Å². The van der Waals surface area contributed by atoms with Gasteiger partial charge in [-0.2, -0.15) is 0 Å². The van der Waals surface area contributed by atoms with Crippen molar-refractivity contribution in [3.05, 3.63) is 0 Å². The molecule has 1 heterocycles. The molecule has 1 rings (SSSR count). The Bertz CT molecular complexity index is 178. The summed E-state index contributed by atoms with van der Waals surface area (Å²) in [5.74, 6) is 0. The van der Waals surface area contributed by atoms with Crippen molar-refractivity contribution in [2.75, 3.05) is 6.61 Å². The SMILES string of the molecule is CCCCCCCCCCC(N)CC1CCCO1. The van der Waals surface area contributed by atoms with Crippen LogP contribution < -0.4 is 5.73 Å². The molecule has 0 spiro atoms. The van der Waals surface area contributed by atoms with Crippen molar-refractivity contribution in [3.63, 3.8) is 0 Å². The highest BCUT2D eigenvalue weighted by atomic mass is 16.5. The van der Waals surface area contributed by atoms with Crippen LogP contribution in [0.2, 0.25) is 0 Å². The van der Waals surface area contributed by atoms with Gasteiger partial charge >= 0.3 is 0 Å². The van der Waals surface area contributed by atoms with E-state index in [1.807, 2.05) is 0 Å². The van der Waals surface area contributed by atoms with E-state index in [2.05, 4.69) is 6.92 Å². The third-order valence-corrected chi connectivity index (χ3v) is 4.02. The van der Waals surface area contributed by atoms with Crippen molar-refractivity contribution in [2.24, 2.45) is 5.73 Å². The van der Waals surface area contributed by atoms with Gasteiger partial charge in [0.05, 0.1) is 6.10 Å². The van der Waals surface area contributed by atoms with Crippen molar-refractivity contribution in [2.45, 2.75) is 96.1 Å². The van der Waals surface area contributed by atoms with Crippen LogP contribution >= 0.6 is 0 Å². The number of unbranched alkanes of at least 4 members (excludes halogenated alkanes) is 7. The normalized spacial score (nSPS) is 21.3. The smallest absolute Gasteiger partial charge is 0.0590 e. The fourth-order valence-corrected chi connectivity index (χ4v) is 2.83. The zero-order valence-electron chi connectivity index (χ0n) is 12.3. The van der Waals surface area contributed by atoms with Crippen molar-refractivity contribution >= 4 is 0 Å². The minimum absolute atomic E-state index is 0.369. The van der Waals surface area contributed by atoms with Crippen LogP contribution in [0.15, 0.2) is 0 Å². The maximum Gasteiger partial charge on any atom is 0.0590 e. The molecule has 2 unspecified atom stereocenters. The second-order valence-corrected chi connectivity index (χ2v) is 5.89. The van der Waals surface area contributed by atoms with E-state index in [9.17, 15) is 0 Å². The molecule has 0 saturated carbocycles. The molecule has 1 aliphatic heterocycles. The van der Waals surface area contributed by atoms with Gasteiger partial charge in [0, 0.05) is 12.6 Å². The summed E-state index contributed by atoms with van der Waals surface area (Å²) in [4.78, 5) is 0. The summed E-state index contributed by atoms with van der Waals surface area (Å²) >= 11 is 0. The van der Waals surface area contributed by atoms with E-state index in [0.29, 0.717) is 12.1 Å². The summed E-state index contributed by atoms with van der Waals surface area (Å²) in [5.41, 5.74) is 6.15. The van der Waals surface area contributed by atoms with Crippen LogP contribution in [0.3, 0.4) is 0 Å². The molecular formula is C16H33NO. The van der Waals surface area contributed by atoms with Gasteiger partial charge in [-0.3, -0.25) is 0 Å². The van der Waals surface area contributed by atoms with Crippen LogP contribution in [0.25, 0.3) is 0 Å². The molecule has 0 aromatic heterocycles. The first-order chi connectivity index (χ1) is 8.83. The van der Waals surface area contributed by atoms with Gasteiger partial charge in [-0.25, -0.2) is 0 Å². The number of ether oxygens (including phenoxy) is 1. The third-order valence-electron chi connectivity index (χ3n) is 4.02. The first kappa shape index (κ1) is 16.0. The Labute approximate surface area is 114 Å². The second kappa shape index (κ2) is 10.8. The molecule has 0 aromatic rings. The lowest BCUT2D eigenvalue weighted by Gasteiger charge is -2.15. The van der Waals surface area contributed by atoms with E-state index >= 15 is 0 Å². The highest BCUT2D eigenvalue weighted by Crippen LogP contribution is 2.18. The van der Waals surface area contributed by atoms with Crippen LogP contribution in [0.4, 0.5) is 0 Å². The quantitative estimate of drug-likeness (QED) is 0.555. The highest BCUT2D eigenvalue weighted by Gasteiger charge is 2.18. The molecule has 2 N–H and O–H groups in total. The second-order valence-electron chi connectivity index (χ2n) is 5.89. The van der Waals surface area contributed by atoms with Crippen molar-refractivity contribution in [3.8, 4) is 0 Å². The molecule has 1 aliphatic rings. The molecule has 0 aromatic carbocycles. The minimum atomic E-state index is 0.369. The van der Waals surface area contributed by atoms with Gasteiger partial charge in [-0.15, -0.1) is 0 Å². The zero-order chi connectivity index (χ0) is 13.1. The van der Waals surface area contributed by atoms with E-state index in [0.717, 1.165) is 13.0 Å². The van der Waals surface area contributed by atoms with Crippen molar-refractivity contribution in [1.29, 1.82) is 0 Å². The van der Waals surface area contributed by atoms with Gasteiger partial charge in [-0.1, -0.05) is 58.3 Å². The summed E-state index contributed by atoms with van der Waals surface area (Å²) in [5, 5.41) is 0. The number of rotatable bonds is 11. The van der Waals surface area contributed by atoms with E-state index in [-0.39, 0.29) is 0 Å². The Morgan fingerprint density at radius 1 is 1.06 bits per heavy atom. The lowest BCUT2D eigenvalue weighted by atomic mass is 10.0. The molecule has 2 atom stereocenters. The Hall–Kier alpha value is -0.0800. The first-order valence-electron chi connectivity index (χ1n) is 8.20. The molecular weight excluding hydrogens is 222 g/mol. The Morgan fingerprint density at radius 2 is 1.72 bits per heavy atom. The highest BCUT2D eigenvalue weighted by molar-refractivity contribution is 4.72. The Kier molecular flexibility index (Phi) is 9.59. The maximum atomic E-state index is 6.15. The molecule has 0 radical (unpaired) electrons. The van der Waals surface area contributed by atoms with Crippen molar-refractivity contribution in [1.82, 2.24) is 0 Å². The van der Waals surface area contributed by atoms with E-state index in [1.165, 1.54) is 70.6 Å². The standard InChI is InChI=1S/C16H33NO/c1-2-3-4-5-6-7-8-9-11-15(17)14-16-12-10-13-18-16/h15-16H,2-14,17H2,1H3. The number of hydrogen-bond donors (Lipinski definition) is 1. The van der Waals surface area contributed by atoms with Gasteiger partial charge in [0.15, 0.2) is 0 Å². The molecule has 0 aliphatic carbocycles. The maximum absolute atomic E-state index is 6.15. The predicted molar refractivity (Wildman–Crippen MR) is 78.8 cm³/mol. The van der Waals surface area contributed by atoms with Crippen LogP contribution in [-0.2, 0) is 4.74 Å². The minimum Gasteiger partial charge on any atom is -0.378 e. The molecule has 2 heteroatoms. The van der Waals surface area contributed by atoms with Gasteiger partial charge in [0.2, 0.25) is 0 Å². The van der Waals surface area contributed by atoms with Crippen molar-refractivity contribution < 1.29 is 4.74 Å². The monoisotopic (exact) mass is 255 g/mol. The van der Waals surface area contributed by atoms with Gasteiger partial charge in [0.25, 0.3) is 0 Å². The van der Waals surface area contributed by atoms with Crippen LogP contribution in [0.5, 0.6) is 0 Å². The van der Waals surface area contributed by atoms with Crippen LogP contribution in [0, 0.1) is 0 Å². The Balaban J connectivity index is 1.81. The summed E-state index contributed by atoms with van der Waals surface area (Å²) in [6.07, 6.45) is 16.3. The lowest BCUT2D eigenvalue weighted by Crippen LogP contribution is -2.25. The molecule has 1 fully saturated rings. The predicted octanol–water partition coefficient (Wildman–Crippen LogP) is 4.41. The molecule has 2 nitrogen and oxygen atoms in total. The molecule has 0 amide bonds. The van der Waals surface area contributed by atoms with Gasteiger partial charge in [0.1, 0.15) is 0 Å². The third kappa shape index (κ3) is 8.10. The zero-order valence-corrected chi connectivity index (χ0v) is 12.3. The van der Waals surface area contributed by atoms with Gasteiger partial charge in [-0.05, 0) is 25.7 Å². The molecule has 108 valence electrons. The fourth-order valence-electron chi connectivity index (χ4n) is 2.83. The van der Waals surface area contributed by atoms with E-state index in [4.69, 9.17) is 10.5 Å². The molecule has 0 bridgehead atoms. The average Bonchev–Trinajstić information content (AvgIpc) is 2.85. The topological polar surface area (TPSA) is 35.2 Å². The summed E-state index contributed by atoms with van der Waals surface area (Å²) in [6, 6.07) is 0.369. The number of nitrogens with two attached hydrogens (primary N) is 1. The van der Waals surface area contributed by atoms with E-state index in [1.54, 1.807) is 0 Å². The summed E-state index contributed by atoms with van der Waals surface area (Å²) < 4.78 is 5.63. The molecule has 18 heavy (non-hydrogen) atoms. The summed E-state index contributed by atoms with van der Waals surface area (Å²) in [6.45, 7) is 3.23. The van der Waals surface area contributed by atoms with Crippen LogP contribution in [-0.4, -0.2) is 18.8 Å².